The van der Waals surface area contributed by atoms with Crippen LogP contribution in [0, 0.1) is 25.2 Å². The number of hydrogen-bond donors (Lipinski definition) is 1. The highest BCUT2D eigenvalue weighted by molar-refractivity contribution is 5.38. The van der Waals surface area contributed by atoms with E-state index in [-0.39, 0.29) is 0 Å². The molecule has 0 bridgehead atoms. The van der Waals surface area contributed by atoms with Gasteiger partial charge in [0.25, 0.3) is 0 Å². The number of aryl methyl sites for hydroxylation is 3. The standard InChI is InChI=1S/C14H17N5/c1-11-9-12(2)19(18-11)8-4-7-16-14-6-3-5-13(10-15)17-14/h3,5-6,9H,4,7-8H2,1-2H3,(H,16,17). The van der Waals surface area contributed by atoms with Gasteiger partial charge in [-0.15, -0.1) is 0 Å². The highest BCUT2D eigenvalue weighted by atomic mass is 15.3. The molecular weight excluding hydrogens is 238 g/mol. The van der Waals surface area contributed by atoms with Gasteiger partial charge in [0.2, 0.25) is 0 Å². The molecule has 0 spiro atoms. The number of anilines is 1. The summed E-state index contributed by atoms with van der Waals surface area (Å²) in [6.45, 7) is 5.75. The molecule has 5 heteroatoms. The fraction of sp³-hybridized carbons (Fsp3) is 0.357. The van der Waals surface area contributed by atoms with E-state index < -0.39 is 0 Å². The Morgan fingerprint density at radius 3 is 2.89 bits per heavy atom. The van der Waals surface area contributed by atoms with Crippen molar-refractivity contribution in [1.82, 2.24) is 14.8 Å². The summed E-state index contributed by atoms with van der Waals surface area (Å²) in [6, 6.07) is 9.49. The van der Waals surface area contributed by atoms with Crippen molar-refractivity contribution in [3.05, 3.63) is 41.3 Å². The normalized spacial score (nSPS) is 10.2. The van der Waals surface area contributed by atoms with Crippen LogP contribution in [-0.4, -0.2) is 21.3 Å². The molecule has 0 saturated carbocycles. The fourth-order valence-electron chi connectivity index (χ4n) is 1.94. The third-order valence-corrected chi connectivity index (χ3v) is 2.82. The van der Waals surface area contributed by atoms with E-state index in [9.17, 15) is 0 Å². The van der Waals surface area contributed by atoms with Gasteiger partial charge in [-0.3, -0.25) is 4.68 Å². The molecule has 0 atom stereocenters. The van der Waals surface area contributed by atoms with Crippen molar-refractivity contribution < 1.29 is 0 Å². The molecule has 2 aromatic rings. The summed E-state index contributed by atoms with van der Waals surface area (Å²) < 4.78 is 2.01. The number of hydrogen-bond acceptors (Lipinski definition) is 4. The highest BCUT2D eigenvalue weighted by Gasteiger charge is 2.00. The van der Waals surface area contributed by atoms with Gasteiger partial charge in [-0.1, -0.05) is 6.07 Å². The third kappa shape index (κ3) is 3.55. The Morgan fingerprint density at radius 1 is 1.37 bits per heavy atom. The summed E-state index contributed by atoms with van der Waals surface area (Å²) in [5.74, 6) is 0.743. The van der Waals surface area contributed by atoms with Crippen LogP contribution in [0.4, 0.5) is 5.82 Å². The lowest BCUT2D eigenvalue weighted by Crippen LogP contribution is -2.09. The van der Waals surface area contributed by atoms with Gasteiger partial charge in [0.15, 0.2) is 0 Å². The van der Waals surface area contributed by atoms with E-state index in [2.05, 4.69) is 28.4 Å². The second-order valence-corrected chi connectivity index (χ2v) is 4.45. The maximum absolute atomic E-state index is 8.76. The molecule has 19 heavy (non-hydrogen) atoms. The van der Waals surface area contributed by atoms with E-state index in [4.69, 9.17) is 5.26 Å². The Balaban J connectivity index is 1.81. The minimum Gasteiger partial charge on any atom is -0.370 e. The quantitative estimate of drug-likeness (QED) is 0.832. The summed E-state index contributed by atoms with van der Waals surface area (Å²) in [5.41, 5.74) is 2.67. The van der Waals surface area contributed by atoms with Crippen molar-refractivity contribution in [3.8, 4) is 6.07 Å². The predicted molar refractivity (Wildman–Crippen MR) is 73.8 cm³/mol. The van der Waals surface area contributed by atoms with Gasteiger partial charge >= 0.3 is 0 Å². The average molecular weight is 255 g/mol. The third-order valence-electron chi connectivity index (χ3n) is 2.82. The Morgan fingerprint density at radius 2 is 2.21 bits per heavy atom. The van der Waals surface area contributed by atoms with Crippen LogP contribution in [0.2, 0.25) is 0 Å². The lowest BCUT2D eigenvalue weighted by molar-refractivity contribution is 0.573. The smallest absolute Gasteiger partial charge is 0.142 e. The number of nitrogens with one attached hydrogen (secondary N) is 1. The van der Waals surface area contributed by atoms with Crippen molar-refractivity contribution in [1.29, 1.82) is 5.26 Å². The number of nitriles is 1. The molecule has 0 aromatic carbocycles. The van der Waals surface area contributed by atoms with Crippen LogP contribution in [0.5, 0.6) is 0 Å². The van der Waals surface area contributed by atoms with Crippen LogP contribution in [-0.2, 0) is 6.54 Å². The van der Waals surface area contributed by atoms with Crippen LogP contribution >= 0.6 is 0 Å². The second-order valence-electron chi connectivity index (χ2n) is 4.45. The lowest BCUT2D eigenvalue weighted by Gasteiger charge is -2.07. The van der Waals surface area contributed by atoms with Gasteiger partial charge in [0.05, 0.1) is 5.69 Å². The highest BCUT2D eigenvalue weighted by Crippen LogP contribution is 2.05. The lowest BCUT2D eigenvalue weighted by atomic mass is 10.3. The van der Waals surface area contributed by atoms with E-state index in [0.29, 0.717) is 5.69 Å². The van der Waals surface area contributed by atoms with Crippen LogP contribution in [0.15, 0.2) is 24.3 Å². The molecule has 0 radical (unpaired) electrons. The van der Waals surface area contributed by atoms with Crippen LogP contribution in [0.25, 0.3) is 0 Å². The van der Waals surface area contributed by atoms with E-state index in [1.807, 2.05) is 29.8 Å². The molecule has 2 heterocycles. The number of aromatic nitrogens is 3. The van der Waals surface area contributed by atoms with Crippen molar-refractivity contribution in [2.45, 2.75) is 26.8 Å². The first-order valence-corrected chi connectivity index (χ1v) is 6.31. The van der Waals surface area contributed by atoms with E-state index in [0.717, 1.165) is 31.0 Å². The maximum Gasteiger partial charge on any atom is 0.142 e. The van der Waals surface area contributed by atoms with E-state index >= 15 is 0 Å². The fourth-order valence-corrected chi connectivity index (χ4v) is 1.94. The van der Waals surface area contributed by atoms with Crippen LogP contribution in [0.3, 0.4) is 0 Å². The Kier molecular flexibility index (Phi) is 4.14. The zero-order valence-electron chi connectivity index (χ0n) is 11.2. The predicted octanol–water partition coefficient (Wildman–Crippen LogP) is 2.27. The molecule has 5 nitrogen and oxygen atoms in total. The van der Waals surface area contributed by atoms with Gasteiger partial charge in [-0.05, 0) is 38.5 Å². The van der Waals surface area contributed by atoms with Crippen molar-refractivity contribution >= 4 is 5.82 Å². The molecule has 2 rings (SSSR count). The van der Waals surface area contributed by atoms with Crippen molar-refractivity contribution in [2.24, 2.45) is 0 Å². The summed E-state index contributed by atoms with van der Waals surface area (Å²) >= 11 is 0. The first-order chi connectivity index (χ1) is 9.19. The first kappa shape index (κ1) is 13.1. The molecule has 0 aliphatic heterocycles. The molecule has 98 valence electrons. The summed E-state index contributed by atoms with van der Waals surface area (Å²) in [7, 11) is 0. The van der Waals surface area contributed by atoms with Crippen molar-refractivity contribution in [3.63, 3.8) is 0 Å². The van der Waals surface area contributed by atoms with Crippen molar-refractivity contribution in [2.75, 3.05) is 11.9 Å². The second kappa shape index (κ2) is 6.01. The number of nitrogens with zero attached hydrogens (tertiary/aromatic N) is 4. The average Bonchev–Trinajstić information content (AvgIpc) is 2.73. The molecule has 0 saturated heterocycles. The summed E-state index contributed by atoms with van der Waals surface area (Å²) in [4.78, 5) is 4.16. The molecule has 0 fully saturated rings. The van der Waals surface area contributed by atoms with Gasteiger partial charge in [-0.2, -0.15) is 10.4 Å². The minimum absolute atomic E-state index is 0.434. The van der Waals surface area contributed by atoms with E-state index in [1.54, 1.807) is 6.07 Å². The SMILES string of the molecule is Cc1cc(C)n(CCCNc2cccc(C#N)n2)n1. The topological polar surface area (TPSA) is 66.5 Å². The number of rotatable bonds is 5. The largest absolute Gasteiger partial charge is 0.370 e. The van der Waals surface area contributed by atoms with Gasteiger partial charge in [-0.25, -0.2) is 4.98 Å². The Labute approximate surface area is 112 Å². The number of pyridine rings is 1. The molecule has 0 amide bonds. The zero-order valence-corrected chi connectivity index (χ0v) is 11.2. The molecule has 1 N–H and O–H groups in total. The summed E-state index contributed by atoms with van der Waals surface area (Å²) in [6.07, 6.45) is 0.959. The van der Waals surface area contributed by atoms with Gasteiger partial charge in [0, 0.05) is 18.8 Å². The molecule has 0 unspecified atom stereocenters. The first-order valence-electron chi connectivity index (χ1n) is 6.31. The zero-order chi connectivity index (χ0) is 13.7. The minimum atomic E-state index is 0.434. The van der Waals surface area contributed by atoms with Crippen LogP contribution < -0.4 is 5.32 Å². The molecular formula is C14H17N5. The summed E-state index contributed by atoms with van der Waals surface area (Å²) in [5, 5.41) is 16.4. The maximum atomic E-state index is 8.76. The van der Waals surface area contributed by atoms with E-state index in [1.165, 1.54) is 5.69 Å². The Bertz CT molecular complexity index is 594. The molecule has 0 aliphatic carbocycles. The monoisotopic (exact) mass is 255 g/mol. The van der Waals surface area contributed by atoms with Gasteiger partial charge < -0.3 is 5.32 Å². The Hall–Kier alpha value is -2.35. The molecule has 2 aromatic heterocycles. The van der Waals surface area contributed by atoms with Gasteiger partial charge in [0.1, 0.15) is 17.6 Å². The molecule has 0 aliphatic rings. The van der Waals surface area contributed by atoms with Crippen LogP contribution in [0.1, 0.15) is 23.5 Å².